The number of pyridine rings is 1. The van der Waals surface area contributed by atoms with E-state index in [9.17, 15) is 4.39 Å². The highest BCUT2D eigenvalue weighted by Gasteiger charge is 2.19. The minimum absolute atomic E-state index is 0.196. The molecule has 3 aromatic heterocycles. The molecule has 10 heteroatoms. The predicted molar refractivity (Wildman–Crippen MR) is 134 cm³/mol. The van der Waals surface area contributed by atoms with Crippen molar-refractivity contribution in [2.75, 3.05) is 28.6 Å². The zero-order valence-electron chi connectivity index (χ0n) is 19.3. The van der Waals surface area contributed by atoms with Gasteiger partial charge in [-0.25, -0.2) is 24.3 Å². The molecule has 178 valence electrons. The topological polar surface area (TPSA) is 118 Å². The Hall–Kier alpha value is -4.18. The Morgan fingerprint density at radius 2 is 1.69 bits per heavy atom. The SMILES string of the molecule is Cc1cccc(-c2nccc(Nc3ccnc(Nc4ccc(N5CCC(N)CC5)c(F)c4)n3)n2)n1. The molecular formula is C25H26FN9. The smallest absolute Gasteiger partial charge is 0.229 e. The van der Waals surface area contributed by atoms with E-state index in [1.807, 2.05) is 36.1 Å². The van der Waals surface area contributed by atoms with Crippen LogP contribution in [0.5, 0.6) is 0 Å². The number of rotatable bonds is 6. The molecule has 1 saturated heterocycles. The number of hydrogen-bond donors (Lipinski definition) is 3. The molecule has 0 radical (unpaired) electrons. The minimum Gasteiger partial charge on any atom is -0.369 e. The van der Waals surface area contributed by atoms with Crippen molar-refractivity contribution in [1.29, 1.82) is 0 Å². The average Bonchev–Trinajstić information content (AvgIpc) is 2.85. The maximum Gasteiger partial charge on any atom is 0.229 e. The molecule has 0 saturated carbocycles. The highest BCUT2D eigenvalue weighted by molar-refractivity contribution is 5.62. The van der Waals surface area contributed by atoms with E-state index in [1.54, 1.807) is 30.6 Å². The van der Waals surface area contributed by atoms with Gasteiger partial charge in [-0.15, -0.1) is 0 Å². The first kappa shape index (κ1) is 22.6. The molecule has 0 atom stereocenters. The van der Waals surface area contributed by atoms with Gasteiger partial charge < -0.3 is 21.3 Å². The van der Waals surface area contributed by atoms with Crippen LogP contribution in [0, 0.1) is 12.7 Å². The van der Waals surface area contributed by atoms with Gasteiger partial charge in [0, 0.05) is 42.9 Å². The first-order chi connectivity index (χ1) is 17.0. The summed E-state index contributed by atoms with van der Waals surface area (Å²) in [5.41, 5.74) is 8.69. The first-order valence-electron chi connectivity index (χ1n) is 11.5. The molecule has 1 aliphatic heterocycles. The number of benzene rings is 1. The molecule has 5 rings (SSSR count). The summed E-state index contributed by atoms with van der Waals surface area (Å²) in [7, 11) is 0. The van der Waals surface area contributed by atoms with Gasteiger partial charge in [0.25, 0.3) is 0 Å². The van der Waals surface area contributed by atoms with Crippen molar-refractivity contribution >= 4 is 29.0 Å². The number of piperidine rings is 1. The number of anilines is 5. The van der Waals surface area contributed by atoms with Crippen LogP contribution in [0.3, 0.4) is 0 Å². The number of halogens is 1. The van der Waals surface area contributed by atoms with Crippen molar-refractivity contribution in [2.24, 2.45) is 5.73 Å². The van der Waals surface area contributed by atoms with Crippen LogP contribution in [-0.4, -0.2) is 44.1 Å². The zero-order chi connectivity index (χ0) is 24.2. The Morgan fingerprint density at radius 1 is 0.914 bits per heavy atom. The summed E-state index contributed by atoms with van der Waals surface area (Å²) >= 11 is 0. The van der Waals surface area contributed by atoms with E-state index in [4.69, 9.17) is 5.73 Å². The molecule has 0 bridgehead atoms. The van der Waals surface area contributed by atoms with Crippen LogP contribution in [0.1, 0.15) is 18.5 Å². The van der Waals surface area contributed by atoms with Gasteiger partial charge >= 0.3 is 0 Å². The lowest BCUT2D eigenvalue weighted by Gasteiger charge is -2.32. The Balaban J connectivity index is 1.28. The summed E-state index contributed by atoms with van der Waals surface area (Å²) in [6, 6.07) is 14.4. The van der Waals surface area contributed by atoms with Crippen LogP contribution in [0.2, 0.25) is 0 Å². The molecule has 0 amide bonds. The number of aryl methyl sites for hydroxylation is 1. The number of aromatic nitrogens is 5. The molecule has 1 aliphatic rings. The van der Waals surface area contributed by atoms with Crippen LogP contribution in [0.15, 0.2) is 60.9 Å². The van der Waals surface area contributed by atoms with E-state index in [0.29, 0.717) is 40.5 Å². The molecule has 1 fully saturated rings. The number of nitrogens with zero attached hydrogens (tertiary/aromatic N) is 6. The third-order valence-corrected chi connectivity index (χ3v) is 5.77. The number of nitrogens with two attached hydrogens (primary N) is 1. The van der Waals surface area contributed by atoms with Gasteiger partial charge in [-0.2, -0.15) is 4.98 Å². The number of nitrogens with one attached hydrogen (secondary N) is 2. The van der Waals surface area contributed by atoms with Gasteiger partial charge in [-0.05, 0) is 62.2 Å². The van der Waals surface area contributed by atoms with Crippen LogP contribution >= 0.6 is 0 Å². The van der Waals surface area contributed by atoms with Gasteiger partial charge in [0.15, 0.2) is 5.82 Å². The minimum atomic E-state index is -0.293. The fourth-order valence-electron chi connectivity index (χ4n) is 3.95. The molecule has 9 nitrogen and oxygen atoms in total. The van der Waals surface area contributed by atoms with Crippen LogP contribution < -0.4 is 21.3 Å². The monoisotopic (exact) mass is 471 g/mol. The van der Waals surface area contributed by atoms with Crippen LogP contribution in [0.25, 0.3) is 11.5 Å². The molecule has 0 unspecified atom stereocenters. The van der Waals surface area contributed by atoms with Crippen molar-refractivity contribution in [3.63, 3.8) is 0 Å². The van der Waals surface area contributed by atoms with Gasteiger partial charge in [-0.3, -0.25) is 0 Å². The van der Waals surface area contributed by atoms with E-state index in [2.05, 4.69) is 35.6 Å². The summed E-state index contributed by atoms with van der Waals surface area (Å²) in [6.45, 7) is 3.43. The Bertz CT molecular complexity index is 1320. The second-order valence-corrected chi connectivity index (χ2v) is 8.44. The highest BCUT2D eigenvalue weighted by Crippen LogP contribution is 2.27. The molecule has 4 heterocycles. The predicted octanol–water partition coefficient (Wildman–Crippen LogP) is 4.19. The normalized spacial score (nSPS) is 14.1. The summed E-state index contributed by atoms with van der Waals surface area (Å²) in [5.74, 6) is 1.65. The van der Waals surface area contributed by atoms with Gasteiger partial charge in [0.2, 0.25) is 5.95 Å². The standard InChI is InChI=1S/C25H26FN9/c1-16-3-2-4-20(30-16)24-28-11-7-22(33-24)32-23-8-12-29-25(34-23)31-18-5-6-21(19(26)15-18)35-13-9-17(27)10-14-35/h2-8,11-12,15,17H,9-10,13-14,27H2,1H3,(H2,28,29,31,32,33,34). The first-order valence-corrected chi connectivity index (χ1v) is 11.5. The Morgan fingerprint density at radius 3 is 2.46 bits per heavy atom. The van der Waals surface area contributed by atoms with E-state index in [0.717, 1.165) is 31.6 Å². The van der Waals surface area contributed by atoms with Crippen molar-refractivity contribution in [1.82, 2.24) is 24.9 Å². The maximum atomic E-state index is 14.8. The molecule has 4 aromatic rings. The zero-order valence-corrected chi connectivity index (χ0v) is 19.3. The van der Waals surface area contributed by atoms with Crippen molar-refractivity contribution in [3.05, 3.63) is 72.4 Å². The largest absolute Gasteiger partial charge is 0.369 e. The second kappa shape index (κ2) is 9.98. The summed E-state index contributed by atoms with van der Waals surface area (Å²) in [6.07, 6.45) is 5.00. The van der Waals surface area contributed by atoms with Gasteiger partial charge in [0.05, 0.1) is 5.69 Å². The fraction of sp³-hybridized carbons (Fsp3) is 0.240. The quantitative estimate of drug-likeness (QED) is 0.380. The van der Waals surface area contributed by atoms with Gasteiger partial charge in [-0.1, -0.05) is 6.07 Å². The molecule has 4 N–H and O–H groups in total. The third-order valence-electron chi connectivity index (χ3n) is 5.77. The molecular weight excluding hydrogens is 445 g/mol. The summed E-state index contributed by atoms with van der Waals surface area (Å²) < 4.78 is 14.8. The van der Waals surface area contributed by atoms with Crippen molar-refractivity contribution in [2.45, 2.75) is 25.8 Å². The molecule has 1 aromatic carbocycles. The third kappa shape index (κ3) is 5.49. The lowest BCUT2D eigenvalue weighted by molar-refractivity contribution is 0.494. The Kier molecular flexibility index (Phi) is 6.44. The van der Waals surface area contributed by atoms with Crippen molar-refractivity contribution in [3.8, 4) is 11.5 Å². The fourth-order valence-corrected chi connectivity index (χ4v) is 3.95. The van der Waals surface area contributed by atoms with E-state index < -0.39 is 0 Å². The summed E-state index contributed by atoms with van der Waals surface area (Å²) in [4.78, 5) is 24.1. The highest BCUT2D eigenvalue weighted by atomic mass is 19.1. The van der Waals surface area contributed by atoms with Gasteiger partial charge in [0.1, 0.15) is 23.1 Å². The van der Waals surface area contributed by atoms with Crippen molar-refractivity contribution < 1.29 is 4.39 Å². The lowest BCUT2D eigenvalue weighted by atomic mass is 10.1. The summed E-state index contributed by atoms with van der Waals surface area (Å²) in [5, 5.41) is 6.23. The van der Waals surface area contributed by atoms with E-state index >= 15 is 0 Å². The average molecular weight is 472 g/mol. The number of hydrogen-bond acceptors (Lipinski definition) is 9. The molecule has 35 heavy (non-hydrogen) atoms. The molecule has 0 spiro atoms. The van der Waals surface area contributed by atoms with E-state index in [1.165, 1.54) is 6.07 Å². The van der Waals surface area contributed by atoms with Crippen LogP contribution in [-0.2, 0) is 0 Å². The Labute approximate surface area is 202 Å². The lowest BCUT2D eigenvalue weighted by Crippen LogP contribution is -2.40. The van der Waals surface area contributed by atoms with E-state index in [-0.39, 0.29) is 11.9 Å². The molecule has 0 aliphatic carbocycles. The second-order valence-electron chi connectivity index (χ2n) is 8.44. The van der Waals surface area contributed by atoms with Crippen LogP contribution in [0.4, 0.5) is 33.3 Å². The maximum absolute atomic E-state index is 14.8.